The van der Waals surface area contributed by atoms with Crippen molar-refractivity contribution >= 4 is 0 Å². The van der Waals surface area contributed by atoms with E-state index in [1.807, 2.05) is 19.2 Å². The van der Waals surface area contributed by atoms with E-state index in [9.17, 15) is 0 Å². The molecule has 1 aromatic carbocycles. The van der Waals surface area contributed by atoms with Crippen molar-refractivity contribution in [3.05, 3.63) is 89.4 Å². The molecule has 1 aromatic heterocycles. The van der Waals surface area contributed by atoms with Crippen molar-refractivity contribution < 1.29 is 0 Å². The molecule has 0 amide bonds. The molecule has 1 N–H and O–H groups in total. The van der Waals surface area contributed by atoms with Crippen molar-refractivity contribution in [3.63, 3.8) is 0 Å². The van der Waals surface area contributed by atoms with Gasteiger partial charge < -0.3 is 5.32 Å². The summed E-state index contributed by atoms with van der Waals surface area (Å²) in [6.07, 6.45) is 10.6. The zero-order valence-corrected chi connectivity index (χ0v) is 12.3. The molecule has 1 aliphatic heterocycles. The van der Waals surface area contributed by atoms with Crippen LogP contribution in [0, 0.1) is 6.92 Å². The molecule has 2 heterocycles. The van der Waals surface area contributed by atoms with Gasteiger partial charge >= 0.3 is 0 Å². The molecule has 0 spiro atoms. The Kier molecular flexibility index (Phi) is 4.15. The predicted octanol–water partition coefficient (Wildman–Crippen LogP) is 4.11. The van der Waals surface area contributed by atoms with Crippen LogP contribution in [-0.2, 0) is 6.42 Å². The van der Waals surface area contributed by atoms with Crippen LogP contribution in [0.5, 0.6) is 0 Å². The van der Waals surface area contributed by atoms with E-state index in [-0.39, 0.29) is 6.04 Å². The minimum absolute atomic E-state index is 0.288. The van der Waals surface area contributed by atoms with Crippen LogP contribution < -0.4 is 5.32 Å². The molecule has 1 aliphatic rings. The first-order chi connectivity index (χ1) is 10.3. The molecule has 1 atom stereocenters. The van der Waals surface area contributed by atoms with Gasteiger partial charge in [0.2, 0.25) is 0 Å². The average molecular weight is 276 g/mol. The molecule has 0 fully saturated rings. The molecule has 2 aromatic rings. The van der Waals surface area contributed by atoms with Gasteiger partial charge in [0.1, 0.15) is 0 Å². The average Bonchev–Trinajstić information content (AvgIpc) is 2.56. The summed E-state index contributed by atoms with van der Waals surface area (Å²) in [5, 5.41) is 3.47. The summed E-state index contributed by atoms with van der Waals surface area (Å²) in [7, 11) is 0. The van der Waals surface area contributed by atoms with Gasteiger partial charge in [-0.3, -0.25) is 4.98 Å². The van der Waals surface area contributed by atoms with E-state index in [0.717, 1.165) is 18.5 Å². The molecule has 2 heteroatoms. The molecule has 0 bridgehead atoms. The van der Waals surface area contributed by atoms with E-state index in [1.165, 1.54) is 16.7 Å². The Hall–Kier alpha value is -2.35. The Balaban J connectivity index is 1.56. The molecular formula is C19H20N2. The van der Waals surface area contributed by atoms with Crippen molar-refractivity contribution in [2.75, 3.05) is 0 Å². The Morgan fingerprint density at radius 3 is 2.57 bits per heavy atom. The third-order valence-corrected chi connectivity index (χ3v) is 3.78. The van der Waals surface area contributed by atoms with Crippen LogP contribution in [0.2, 0.25) is 0 Å². The molecule has 1 unspecified atom stereocenters. The number of aryl methyl sites for hydroxylation is 2. The van der Waals surface area contributed by atoms with Crippen molar-refractivity contribution in [1.82, 2.24) is 10.3 Å². The Morgan fingerprint density at radius 1 is 1.05 bits per heavy atom. The molecule has 21 heavy (non-hydrogen) atoms. The fraction of sp³-hybridized carbons (Fsp3) is 0.211. The fourth-order valence-corrected chi connectivity index (χ4v) is 2.48. The van der Waals surface area contributed by atoms with Crippen molar-refractivity contribution in [3.8, 4) is 0 Å². The highest BCUT2D eigenvalue weighted by atomic mass is 14.9. The van der Waals surface area contributed by atoms with E-state index in [2.05, 4.69) is 65.1 Å². The molecule has 0 aliphatic carbocycles. The first kappa shape index (κ1) is 13.6. The molecule has 3 rings (SSSR count). The Bertz CT molecular complexity index is 639. The van der Waals surface area contributed by atoms with Gasteiger partial charge in [-0.2, -0.15) is 0 Å². The number of hydrogen-bond acceptors (Lipinski definition) is 2. The summed E-state index contributed by atoms with van der Waals surface area (Å²) in [5.41, 5.74) is 5.00. The van der Waals surface area contributed by atoms with E-state index >= 15 is 0 Å². The Morgan fingerprint density at radius 2 is 1.90 bits per heavy atom. The highest BCUT2D eigenvalue weighted by molar-refractivity contribution is 5.31. The van der Waals surface area contributed by atoms with Gasteiger partial charge in [0, 0.05) is 18.1 Å². The van der Waals surface area contributed by atoms with Gasteiger partial charge in [0.25, 0.3) is 0 Å². The molecule has 0 saturated carbocycles. The summed E-state index contributed by atoms with van der Waals surface area (Å²) >= 11 is 0. The quantitative estimate of drug-likeness (QED) is 0.909. The van der Waals surface area contributed by atoms with Crippen molar-refractivity contribution in [1.29, 1.82) is 0 Å². The largest absolute Gasteiger partial charge is 0.380 e. The topological polar surface area (TPSA) is 24.9 Å². The maximum Gasteiger partial charge on any atom is 0.0695 e. The minimum atomic E-state index is 0.288. The monoisotopic (exact) mass is 276 g/mol. The maximum atomic E-state index is 4.34. The lowest BCUT2D eigenvalue weighted by molar-refractivity contribution is 0.729. The van der Waals surface area contributed by atoms with Crippen LogP contribution >= 0.6 is 0 Å². The van der Waals surface area contributed by atoms with Crippen LogP contribution in [0.15, 0.2) is 72.6 Å². The van der Waals surface area contributed by atoms with E-state index in [0.29, 0.717) is 0 Å². The highest BCUT2D eigenvalue weighted by Crippen LogP contribution is 2.20. The molecule has 0 saturated heterocycles. The molecule has 0 radical (unpaired) electrons. The lowest BCUT2D eigenvalue weighted by Gasteiger charge is -2.19. The number of allylic oxidation sites excluding steroid dienone is 2. The SMILES string of the molecule is Cc1ccc(CCC2=CNC(c3ccccc3)C=C2)cn1. The number of benzene rings is 1. The normalized spacial score (nSPS) is 17.2. The van der Waals surface area contributed by atoms with Gasteiger partial charge in [-0.15, -0.1) is 0 Å². The third-order valence-electron chi connectivity index (χ3n) is 3.78. The first-order valence-corrected chi connectivity index (χ1v) is 7.41. The summed E-state index contributed by atoms with van der Waals surface area (Å²) in [6.45, 7) is 2.02. The summed E-state index contributed by atoms with van der Waals surface area (Å²) < 4.78 is 0. The third kappa shape index (κ3) is 3.60. The van der Waals surface area contributed by atoms with Crippen LogP contribution in [0.4, 0.5) is 0 Å². The minimum Gasteiger partial charge on any atom is -0.380 e. The number of nitrogens with zero attached hydrogens (tertiary/aromatic N) is 1. The lowest BCUT2D eigenvalue weighted by Crippen LogP contribution is -2.16. The second-order valence-electron chi connectivity index (χ2n) is 5.44. The maximum absolute atomic E-state index is 4.34. The summed E-state index contributed by atoms with van der Waals surface area (Å²) in [6, 6.07) is 15.0. The van der Waals surface area contributed by atoms with E-state index in [1.54, 1.807) is 0 Å². The van der Waals surface area contributed by atoms with Crippen LogP contribution in [0.25, 0.3) is 0 Å². The number of hydrogen-bond donors (Lipinski definition) is 1. The van der Waals surface area contributed by atoms with Gasteiger partial charge in [-0.25, -0.2) is 0 Å². The number of dihydropyridines is 1. The molecule has 106 valence electrons. The second kappa shape index (κ2) is 6.40. The number of nitrogens with one attached hydrogen (secondary N) is 1. The van der Waals surface area contributed by atoms with Crippen molar-refractivity contribution in [2.45, 2.75) is 25.8 Å². The van der Waals surface area contributed by atoms with Crippen LogP contribution in [0.3, 0.4) is 0 Å². The molecule has 2 nitrogen and oxygen atoms in total. The Labute approximate surface area is 126 Å². The second-order valence-corrected chi connectivity index (χ2v) is 5.44. The summed E-state index contributed by atoms with van der Waals surface area (Å²) in [4.78, 5) is 4.34. The summed E-state index contributed by atoms with van der Waals surface area (Å²) in [5.74, 6) is 0. The zero-order valence-electron chi connectivity index (χ0n) is 12.3. The van der Waals surface area contributed by atoms with Gasteiger partial charge in [0.15, 0.2) is 0 Å². The highest BCUT2D eigenvalue weighted by Gasteiger charge is 2.09. The van der Waals surface area contributed by atoms with Gasteiger partial charge in [0.05, 0.1) is 6.04 Å². The smallest absolute Gasteiger partial charge is 0.0695 e. The number of pyridine rings is 1. The fourth-order valence-electron chi connectivity index (χ4n) is 2.48. The van der Waals surface area contributed by atoms with Gasteiger partial charge in [-0.1, -0.05) is 48.6 Å². The van der Waals surface area contributed by atoms with E-state index < -0.39 is 0 Å². The lowest BCUT2D eigenvalue weighted by atomic mass is 10.00. The predicted molar refractivity (Wildman–Crippen MR) is 86.8 cm³/mol. The van der Waals surface area contributed by atoms with Gasteiger partial charge in [-0.05, 0) is 42.5 Å². The first-order valence-electron chi connectivity index (χ1n) is 7.41. The van der Waals surface area contributed by atoms with Crippen LogP contribution in [-0.4, -0.2) is 4.98 Å². The zero-order chi connectivity index (χ0) is 14.5. The van der Waals surface area contributed by atoms with E-state index in [4.69, 9.17) is 0 Å². The van der Waals surface area contributed by atoms with Crippen LogP contribution in [0.1, 0.15) is 29.3 Å². The standard InChI is InChI=1S/C19H20N2/c1-15-7-8-16(13-20-15)9-10-17-11-12-19(21-14-17)18-5-3-2-4-6-18/h2-8,11-14,19,21H,9-10H2,1H3. The number of aromatic nitrogens is 1. The van der Waals surface area contributed by atoms with Crippen molar-refractivity contribution in [2.24, 2.45) is 0 Å². The molecular weight excluding hydrogens is 256 g/mol. The number of rotatable bonds is 4.